The number of hydrogen-bond acceptors (Lipinski definition) is 4. The Balaban J connectivity index is 1.95. The van der Waals surface area contributed by atoms with Crippen LogP contribution in [-0.2, 0) is 4.74 Å². The largest absolute Gasteiger partial charge is 0.381 e. The van der Waals surface area contributed by atoms with Crippen LogP contribution in [0.25, 0.3) is 0 Å². The van der Waals surface area contributed by atoms with Crippen molar-refractivity contribution in [1.29, 1.82) is 0 Å². The van der Waals surface area contributed by atoms with Crippen molar-refractivity contribution < 1.29 is 4.74 Å². The molecule has 2 heterocycles. The Kier molecular flexibility index (Phi) is 5.69. The number of nitrogens with zero attached hydrogens (tertiary/aromatic N) is 2. The maximum absolute atomic E-state index is 5.86. The van der Waals surface area contributed by atoms with Gasteiger partial charge in [0.2, 0.25) is 0 Å². The van der Waals surface area contributed by atoms with Crippen molar-refractivity contribution in [3.63, 3.8) is 0 Å². The van der Waals surface area contributed by atoms with E-state index in [0.717, 1.165) is 19.8 Å². The molecule has 0 radical (unpaired) electrons. The van der Waals surface area contributed by atoms with Crippen molar-refractivity contribution in [3.05, 3.63) is 0 Å². The van der Waals surface area contributed by atoms with Crippen molar-refractivity contribution in [2.75, 3.05) is 53.0 Å². The summed E-state index contributed by atoms with van der Waals surface area (Å²) in [4.78, 5) is 5.12. The molecule has 1 N–H and O–H groups in total. The average Bonchev–Trinajstić information content (AvgIpc) is 2.41. The van der Waals surface area contributed by atoms with Gasteiger partial charge in [0.15, 0.2) is 0 Å². The van der Waals surface area contributed by atoms with E-state index in [9.17, 15) is 0 Å². The zero-order valence-corrected chi connectivity index (χ0v) is 14.7. The van der Waals surface area contributed by atoms with Crippen LogP contribution < -0.4 is 5.32 Å². The summed E-state index contributed by atoms with van der Waals surface area (Å²) in [6, 6.07) is 0.663. The second-order valence-corrected chi connectivity index (χ2v) is 8.32. The molecule has 2 aliphatic rings. The number of ether oxygens (including phenoxy) is 1. The van der Waals surface area contributed by atoms with E-state index < -0.39 is 0 Å². The number of hydrogen-bond donors (Lipinski definition) is 1. The Hall–Kier alpha value is -0.160. The van der Waals surface area contributed by atoms with Gasteiger partial charge < -0.3 is 15.0 Å². The monoisotopic (exact) mass is 297 g/mol. The highest BCUT2D eigenvalue weighted by molar-refractivity contribution is 4.91. The Bertz CT molecular complexity index is 320. The first-order chi connectivity index (χ1) is 9.80. The van der Waals surface area contributed by atoms with E-state index in [2.05, 4.69) is 49.9 Å². The molecule has 2 fully saturated rings. The molecule has 4 heteroatoms. The van der Waals surface area contributed by atoms with Gasteiger partial charge in [-0.2, -0.15) is 0 Å². The molecule has 124 valence electrons. The first-order valence-electron chi connectivity index (χ1n) is 8.55. The van der Waals surface area contributed by atoms with E-state index >= 15 is 0 Å². The highest BCUT2D eigenvalue weighted by Gasteiger charge is 2.36. The lowest BCUT2D eigenvalue weighted by molar-refractivity contribution is -0.0385. The van der Waals surface area contributed by atoms with Crippen LogP contribution in [0.5, 0.6) is 0 Å². The van der Waals surface area contributed by atoms with Crippen LogP contribution in [0.2, 0.25) is 0 Å². The van der Waals surface area contributed by atoms with Gasteiger partial charge in [-0.25, -0.2) is 0 Å². The molecule has 2 unspecified atom stereocenters. The summed E-state index contributed by atoms with van der Waals surface area (Å²) in [5.74, 6) is 0. The van der Waals surface area contributed by atoms with Gasteiger partial charge in [-0.1, -0.05) is 0 Å². The van der Waals surface area contributed by atoms with Crippen LogP contribution in [-0.4, -0.2) is 74.4 Å². The molecule has 0 saturated carbocycles. The predicted molar refractivity (Wildman–Crippen MR) is 88.8 cm³/mol. The molecule has 4 nitrogen and oxygen atoms in total. The summed E-state index contributed by atoms with van der Waals surface area (Å²) < 4.78 is 5.86. The van der Waals surface area contributed by atoms with Gasteiger partial charge in [0.25, 0.3) is 0 Å². The van der Waals surface area contributed by atoms with E-state index in [1.165, 1.54) is 39.0 Å². The Morgan fingerprint density at radius 1 is 1.29 bits per heavy atom. The summed E-state index contributed by atoms with van der Waals surface area (Å²) in [7, 11) is 2.24. The Labute approximate surface area is 131 Å². The molecule has 0 bridgehead atoms. The summed E-state index contributed by atoms with van der Waals surface area (Å²) >= 11 is 0. The molecule has 2 atom stereocenters. The molecule has 2 rings (SSSR count). The molecule has 2 saturated heterocycles. The normalized spacial score (nSPS) is 33.3. The standard InChI is InChI=1S/C17H35N3O/c1-15-11-20(9-8-19(15)5)13-17(7-6-10-21-14-17)12-18-16(2,3)4/h15,18H,6-14H2,1-5H3. The fourth-order valence-corrected chi connectivity index (χ4v) is 3.42. The molecule has 0 aliphatic carbocycles. The van der Waals surface area contributed by atoms with E-state index in [4.69, 9.17) is 4.74 Å². The van der Waals surface area contributed by atoms with Gasteiger partial charge >= 0.3 is 0 Å². The predicted octanol–water partition coefficient (Wildman–Crippen LogP) is 1.81. The SMILES string of the molecule is CC1CN(CC2(CNC(C)(C)C)CCCOC2)CCN1C. The fourth-order valence-electron chi connectivity index (χ4n) is 3.42. The van der Waals surface area contributed by atoms with Gasteiger partial charge in [0.05, 0.1) is 6.61 Å². The van der Waals surface area contributed by atoms with Crippen molar-refractivity contribution in [3.8, 4) is 0 Å². The third kappa shape index (κ3) is 5.20. The third-order valence-corrected chi connectivity index (χ3v) is 5.00. The van der Waals surface area contributed by atoms with Crippen LogP contribution in [0.1, 0.15) is 40.5 Å². The maximum atomic E-state index is 5.86. The minimum Gasteiger partial charge on any atom is -0.381 e. The van der Waals surface area contributed by atoms with Crippen molar-refractivity contribution >= 4 is 0 Å². The second-order valence-electron chi connectivity index (χ2n) is 8.32. The van der Waals surface area contributed by atoms with E-state index in [-0.39, 0.29) is 5.54 Å². The number of rotatable bonds is 4. The summed E-state index contributed by atoms with van der Waals surface area (Å²) in [5, 5.41) is 3.72. The Morgan fingerprint density at radius 3 is 2.62 bits per heavy atom. The zero-order valence-electron chi connectivity index (χ0n) is 14.7. The van der Waals surface area contributed by atoms with E-state index in [1.54, 1.807) is 0 Å². The van der Waals surface area contributed by atoms with Gasteiger partial charge in [-0.05, 0) is 47.6 Å². The molecule has 0 aromatic carbocycles. The minimum atomic E-state index is 0.180. The van der Waals surface area contributed by atoms with Crippen LogP contribution in [0, 0.1) is 5.41 Å². The molecular formula is C17H35N3O. The molecule has 0 amide bonds. The molecular weight excluding hydrogens is 262 g/mol. The summed E-state index contributed by atoms with van der Waals surface area (Å²) in [6.07, 6.45) is 2.49. The van der Waals surface area contributed by atoms with Crippen LogP contribution in [0.15, 0.2) is 0 Å². The summed E-state index contributed by atoms with van der Waals surface area (Å²) in [5.41, 5.74) is 0.473. The second kappa shape index (κ2) is 6.95. The lowest BCUT2D eigenvalue weighted by atomic mass is 9.81. The van der Waals surface area contributed by atoms with Gasteiger partial charge in [-0.15, -0.1) is 0 Å². The average molecular weight is 297 g/mol. The Morgan fingerprint density at radius 2 is 2.05 bits per heavy atom. The number of nitrogens with one attached hydrogen (secondary N) is 1. The molecule has 0 aromatic heterocycles. The number of piperazine rings is 1. The smallest absolute Gasteiger partial charge is 0.0546 e. The topological polar surface area (TPSA) is 27.7 Å². The highest BCUT2D eigenvalue weighted by Crippen LogP contribution is 2.30. The summed E-state index contributed by atoms with van der Waals surface area (Å²) in [6.45, 7) is 16.8. The van der Waals surface area contributed by atoms with Crippen molar-refractivity contribution in [1.82, 2.24) is 15.1 Å². The van der Waals surface area contributed by atoms with Gasteiger partial charge in [-0.3, -0.25) is 4.90 Å². The van der Waals surface area contributed by atoms with Crippen LogP contribution in [0.3, 0.4) is 0 Å². The van der Waals surface area contributed by atoms with Crippen LogP contribution in [0.4, 0.5) is 0 Å². The van der Waals surface area contributed by atoms with E-state index in [1.807, 2.05) is 0 Å². The highest BCUT2D eigenvalue weighted by atomic mass is 16.5. The molecule has 21 heavy (non-hydrogen) atoms. The lowest BCUT2D eigenvalue weighted by Crippen LogP contribution is -2.57. The van der Waals surface area contributed by atoms with Gasteiger partial charge in [0.1, 0.15) is 0 Å². The number of likely N-dealkylation sites (N-methyl/N-ethyl adjacent to an activating group) is 1. The van der Waals surface area contributed by atoms with Crippen molar-refractivity contribution in [2.24, 2.45) is 5.41 Å². The first-order valence-corrected chi connectivity index (χ1v) is 8.55. The maximum Gasteiger partial charge on any atom is 0.0546 e. The van der Waals surface area contributed by atoms with Gasteiger partial charge in [0, 0.05) is 56.3 Å². The fraction of sp³-hybridized carbons (Fsp3) is 1.00. The quantitative estimate of drug-likeness (QED) is 0.856. The van der Waals surface area contributed by atoms with Crippen molar-refractivity contribution in [2.45, 2.75) is 52.1 Å². The minimum absolute atomic E-state index is 0.180. The van der Waals surface area contributed by atoms with Crippen LogP contribution >= 0.6 is 0 Å². The molecule has 0 spiro atoms. The lowest BCUT2D eigenvalue weighted by Gasteiger charge is -2.46. The molecule has 0 aromatic rings. The molecule has 2 aliphatic heterocycles. The first kappa shape index (κ1) is 17.2. The third-order valence-electron chi connectivity index (χ3n) is 5.00. The van der Waals surface area contributed by atoms with E-state index in [0.29, 0.717) is 11.5 Å². The zero-order chi connectivity index (χ0) is 15.5.